The van der Waals surface area contributed by atoms with Crippen LogP contribution in [0.15, 0.2) is 16.6 Å². The first-order chi connectivity index (χ1) is 8.34. The van der Waals surface area contributed by atoms with Gasteiger partial charge in [0.15, 0.2) is 0 Å². The standard InChI is InChI=1S/C12H13BrF3NO/c1-18-10-8(12(14,15)16)4-7(5-9(10)13)11(6-17)2-3-11/h4-5H,2-3,6,17H2,1H3. The van der Waals surface area contributed by atoms with Crippen LogP contribution in [0.1, 0.15) is 24.0 Å². The van der Waals surface area contributed by atoms with Crippen LogP contribution >= 0.6 is 15.9 Å². The maximum atomic E-state index is 13.0. The Morgan fingerprint density at radius 3 is 2.39 bits per heavy atom. The molecule has 0 unspecified atom stereocenters. The molecule has 0 heterocycles. The Morgan fingerprint density at radius 2 is 2.00 bits per heavy atom. The van der Waals surface area contributed by atoms with Gasteiger partial charge in [-0.15, -0.1) is 0 Å². The molecule has 1 fully saturated rings. The lowest BCUT2D eigenvalue weighted by molar-refractivity contribution is -0.138. The van der Waals surface area contributed by atoms with Crippen molar-refractivity contribution in [2.45, 2.75) is 24.4 Å². The predicted molar refractivity (Wildman–Crippen MR) is 65.7 cm³/mol. The van der Waals surface area contributed by atoms with Crippen LogP contribution in [0, 0.1) is 0 Å². The molecule has 2 rings (SSSR count). The molecule has 0 spiro atoms. The molecule has 100 valence electrons. The lowest BCUT2D eigenvalue weighted by atomic mass is 9.94. The molecule has 0 bridgehead atoms. The molecule has 0 aliphatic heterocycles. The lowest BCUT2D eigenvalue weighted by Gasteiger charge is -2.19. The average molecular weight is 324 g/mol. The zero-order chi connectivity index (χ0) is 13.6. The van der Waals surface area contributed by atoms with Gasteiger partial charge in [0.25, 0.3) is 0 Å². The van der Waals surface area contributed by atoms with E-state index < -0.39 is 11.7 Å². The van der Waals surface area contributed by atoms with Crippen molar-refractivity contribution in [1.82, 2.24) is 0 Å². The number of nitrogens with two attached hydrogens (primary N) is 1. The van der Waals surface area contributed by atoms with Gasteiger partial charge < -0.3 is 10.5 Å². The fraction of sp³-hybridized carbons (Fsp3) is 0.500. The minimum absolute atomic E-state index is 0.181. The number of hydrogen-bond donors (Lipinski definition) is 1. The van der Waals surface area contributed by atoms with E-state index in [1.54, 1.807) is 6.07 Å². The highest BCUT2D eigenvalue weighted by molar-refractivity contribution is 9.10. The summed E-state index contributed by atoms with van der Waals surface area (Å²) < 4.78 is 44.1. The highest BCUT2D eigenvalue weighted by atomic mass is 79.9. The summed E-state index contributed by atoms with van der Waals surface area (Å²) in [5, 5.41) is 0. The van der Waals surface area contributed by atoms with Gasteiger partial charge in [-0.3, -0.25) is 0 Å². The van der Waals surface area contributed by atoms with Crippen LogP contribution in [0.5, 0.6) is 5.75 Å². The molecule has 0 atom stereocenters. The Hall–Kier alpha value is -0.750. The van der Waals surface area contributed by atoms with E-state index in [4.69, 9.17) is 10.5 Å². The summed E-state index contributed by atoms with van der Waals surface area (Å²) >= 11 is 3.13. The summed E-state index contributed by atoms with van der Waals surface area (Å²) in [7, 11) is 1.23. The third kappa shape index (κ3) is 2.23. The normalized spacial score (nSPS) is 17.7. The van der Waals surface area contributed by atoms with E-state index in [2.05, 4.69) is 15.9 Å². The Labute approximate surface area is 111 Å². The van der Waals surface area contributed by atoms with E-state index in [9.17, 15) is 13.2 Å². The van der Waals surface area contributed by atoms with Crippen LogP contribution in [0.2, 0.25) is 0 Å². The second kappa shape index (κ2) is 4.42. The van der Waals surface area contributed by atoms with Crippen molar-refractivity contribution in [3.63, 3.8) is 0 Å². The van der Waals surface area contributed by atoms with Crippen LogP contribution < -0.4 is 10.5 Å². The van der Waals surface area contributed by atoms with E-state index in [0.29, 0.717) is 16.6 Å². The van der Waals surface area contributed by atoms with Crippen LogP contribution in [0.4, 0.5) is 13.2 Å². The van der Waals surface area contributed by atoms with Crippen molar-refractivity contribution in [2.24, 2.45) is 5.73 Å². The smallest absolute Gasteiger partial charge is 0.420 e. The number of alkyl halides is 3. The van der Waals surface area contributed by atoms with Gasteiger partial charge in [0, 0.05) is 12.0 Å². The molecule has 18 heavy (non-hydrogen) atoms. The molecule has 1 saturated carbocycles. The van der Waals surface area contributed by atoms with Crippen molar-refractivity contribution >= 4 is 15.9 Å². The summed E-state index contributed by atoms with van der Waals surface area (Å²) in [6.45, 7) is 0.364. The molecule has 0 amide bonds. The number of methoxy groups -OCH3 is 1. The van der Waals surface area contributed by atoms with Crippen molar-refractivity contribution in [2.75, 3.05) is 13.7 Å². The van der Waals surface area contributed by atoms with Gasteiger partial charge in [0.2, 0.25) is 0 Å². The molecule has 1 aromatic carbocycles. The highest BCUT2D eigenvalue weighted by Crippen LogP contribution is 2.51. The Bertz CT molecular complexity index is 469. The van der Waals surface area contributed by atoms with Gasteiger partial charge >= 0.3 is 6.18 Å². The Kier molecular flexibility index (Phi) is 3.36. The first-order valence-electron chi connectivity index (χ1n) is 5.49. The van der Waals surface area contributed by atoms with Gasteiger partial charge in [0.05, 0.1) is 17.1 Å². The highest BCUT2D eigenvalue weighted by Gasteiger charge is 2.45. The molecule has 0 radical (unpaired) electrons. The third-order valence-electron chi connectivity index (χ3n) is 3.41. The minimum Gasteiger partial charge on any atom is -0.495 e. The first-order valence-corrected chi connectivity index (χ1v) is 6.28. The maximum Gasteiger partial charge on any atom is 0.420 e. The summed E-state index contributed by atoms with van der Waals surface area (Å²) in [4.78, 5) is 0. The fourth-order valence-corrected chi connectivity index (χ4v) is 2.70. The molecule has 1 aromatic rings. The van der Waals surface area contributed by atoms with Crippen molar-refractivity contribution in [1.29, 1.82) is 0 Å². The van der Waals surface area contributed by atoms with E-state index >= 15 is 0 Å². The minimum atomic E-state index is -4.44. The Balaban J connectivity index is 2.57. The number of halogens is 4. The summed E-state index contributed by atoms with van der Waals surface area (Å²) in [5.41, 5.74) is 5.24. The van der Waals surface area contributed by atoms with E-state index in [1.807, 2.05) is 0 Å². The first kappa shape index (κ1) is 13.7. The molecule has 1 aliphatic carbocycles. The predicted octanol–water partition coefficient (Wildman–Crippen LogP) is 3.47. The van der Waals surface area contributed by atoms with E-state index in [-0.39, 0.29) is 11.2 Å². The van der Waals surface area contributed by atoms with Gasteiger partial charge in [-0.2, -0.15) is 13.2 Å². The molecule has 2 nitrogen and oxygen atoms in total. The molecule has 2 N–H and O–H groups in total. The zero-order valence-electron chi connectivity index (χ0n) is 9.77. The topological polar surface area (TPSA) is 35.2 Å². The number of ether oxygens (including phenoxy) is 1. The Morgan fingerprint density at radius 1 is 1.39 bits per heavy atom. The molecule has 6 heteroatoms. The number of benzene rings is 1. The van der Waals surface area contributed by atoms with Crippen LogP contribution in [-0.4, -0.2) is 13.7 Å². The molecule has 0 saturated heterocycles. The van der Waals surface area contributed by atoms with Crippen molar-refractivity contribution in [3.8, 4) is 5.75 Å². The van der Waals surface area contributed by atoms with Crippen molar-refractivity contribution in [3.05, 3.63) is 27.7 Å². The number of rotatable bonds is 3. The van der Waals surface area contributed by atoms with Crippen LogP contribution in [0.25, 0.3) is 0 Å². The molecular formula is C12H13BrF3NO. The maximum absolute atomic E-state index is 13.0. The monoisotopic (exact) mass is 323 g/mol. The van der Waals surface area contributed by atoms with Gasteiger partial charge in [-0.1, -0.05) is 0 Å². The number of hydrogen-bond acceptors (Lipinski definition) is 2. The van der Waals surface area contributed by atoms with Gasteiger partial charge in [-0.25, -0.2) is 0 Å². The second-order valence-corrected chi connectivity index (χ2v) is 5.38. The molecule has 0 aromatic heterocycles. The third-order valence-corrected chi connectivity index (χ3v) is 4.00. The quantitative estimate of drug-likeness (QED) is 0.924. The SMILES string of the molecule is COc1c(Br)cc(C2(CN)CC2)cc1C(F)(F)F. The zero-order valence-corrected chi connectivity index (χ0v) is 11.4. The van der Waals surface area contributed by atoms with Crippen molar-refractivity contribution < 1.29 is 17.9 Å². The largest absolute Gasteiger partial charge is 0.495 e. The molecule has 1 aliphatic rings. The summed E-state index contributed by atoms with van der Waals surface area (Å²) in [6.07, 6.45) is -2.77. The van der Waals surface area contributed by atoms with E-state index in [1.165, 1.54) is 7.11 Å². The van der Waals surface area contributed by atoms with Gasteiger partial charge in [0.1, 0.15) is 5.75 Å². The van der Waals surface area contributed by atoms with Gasteiger partial charge in [-0.05, 0) is 46.5 Å². The molecular weight excluding hydrogens is 311 g/mol. The lowest BCUT2D eigenvalue weighted by Crippen LogP contribution is -2.21. The average Bonchev–Trinajstić information content (AvgIpc) is 3.07. The fourth-order valence-electron chi connectivity index (χ4n) is 2.08. The van der Waals surface area contributed by atoms with Crippen LogP contribution in [0.3, 0.4) is 0 Å². The van der Waals surface area contributed by atoms with E-state index in [0.717, 1.165) is 18.9 Å². The summed E-state index contributed by atoms with van der Waals surface area (Å²) in [6, 6.07) is 2.83. The summed E-state index contributed by atoms with van der Waals surface area (Å²) in [5.74, 6) is -0.181. The second-order valence-electron chi connectivity index (χ2n) is 4.52. The van der Waals surface area contributed by atoms with Crippen LogP contribution in [-0.2, 0) is 11.6 Å².